The van der Waals surface area contributed by atoms with Crippen molar-refractivity contribution < 1.29 is 18.7 Å². The van der Waals surface area contributed by atoms with Gasteiger partial charge >= 0.3 is 0 Å². The van der Waals surface area contributed by atoms with Gasteiger partial charge in [0.15, 0.2) is 0 Å². The summed E-state index contributed by atoms with van der Waals surface area (Å²) in [5, 5.41) is 3.98. The van der Waals surface area contributed by atoms with E-state index in [2.05, 4.69) is 10.5 Å². The summed E-state index contributed by atoms with van der Waals surface area (Å²) in [4.78, 5) is 12.3. The zero-order valence-corrected chi connectivity index (χ0v) is 16.2. The highest BCUT2D eigenvalue weighted by molar-refractivity contribution is 5.97. The third-order valence-electron chi connectivity index (χ3n) is 4.21. The topological polar surface area (TPSA) is 59.9 Å². The highest BCUT2D eigenvalue weighted by Crippen LogP contribution is 2.19. The molecule has 0 radical (unpaired) electrons. The maximum absolute atomic E-state index is 13.6. The third kappa shape index (κ3) is 5.42. The van der Waals surface area contributed by atoms with Crippen LogP contribution in [0.15, 0.2) is 71.8 Å². The van der Waals surface area contributed by atoms with Crippen molar-refractivity contribution in [1.82, 2.24) is 5.43 Å². The number of benzene rings is 3. The molecular formula is C23H21FN2O3. The van der Waals surface area contributed by atoms with Crippen LogP contribution in [-0.4, -0.2) is 19.2 Å². The maximum atomic E-state index is 13.6. The van der Waals surface area contributed by atoms with Crippen LogP contribution in [0, 0.1) is 12.7 Å². The number of carbonyl (C=O) groups is 1. The molecule has 0 bridgehead atoms. The molecular weight excluding hydrogens is 371 g/mol. The van der Waals surface area contributed by atoms with Crippen molar-refractivity contribution in [2.24, 2.45) is 5.10 Å². The van der Waals surface area contributed by atoms with E-state index in [0.717, 1.165) is 11.1 Å². The first-order valence-electron chi connectivity index (χ1n) is 9.01. The van der Waals surface area contributed by atoms with Crippen LogP contribution in [0.3, 0.4) is 0 Å². The molecule has 0 heterocycles. The second-order valence-electron chi connectivity index (χ2n) is 6.35. The lowest BCUT2D eigenvalue weighted by Gasteiger charge is -2.08. The number of hydrogen-bond acceptors (Lipinski definition) is 4. The molecule has 0 aliphatic carbocycles. The van der Waals surface area contributed by atoms with Gasteiger partial charge < -0.3 is 9.47 Å². The Labute approximate surface area is 168 Å². The molecule has 0 atom stereocenters. The molecule has 1 N–H and O–H groups in total. The van der Waals surface area contributed by atoms with Gasteiger partial charge in [0.1, 0.15) is 23.9 Å². The number of nitrogens with zero attached hydrogens (tertiary/aromatic N) is 1. The van der Waals surface area contributed by atoms with E-state index in [-0.39, 0.29) is 18.3 Å². The summed E-state index contributed by atoms with van der Waals surface area (Å²) in [6.45, 7) is 2.07. The lowest BCUT2D eigenvalue weighted by atomic mass is 10.1. The molecule has 148 valence electrons. The summed E-state index contributed by atoms with van der Waals surface area (Å²) in [5.74, 6) is 0.452. The standard InChI is InChI=1S/C23H21FN2O3/c1-16-7-12-20(22(13-16)28-2)23(27)26-25-14-17-8-10-19(11-9-17)29-15-18-5-3-4-6-21(18)24/h3-14H,15H2,1-2H3,(H,26,27)/b25-14-. The fourth-order valence-corrected chi connectivity index (χ4v) is 2.64. The van der Waals surface area contributed by atoms with Crippen LogP contribution in [0.5, 0.6) is 11.5 Å². The second-order valence-corrected chi connectivity index (χ2v) is 6.35. The van der Waals surface area contributed by atoms with Gasteiger partial charge in [-0.3, -0.25) is 4.79 Å². The zero-order valence-electron chi connectivity index (χ0n) is 16.2. The van der Waals surface area contributed by atoms with E-state index < -0.39 is 0 Å². The van der Waals surface area contributed by atoms with Crippen LogP contribution >= 0.6 is 0 Å². The lowest BCUT2D eigenvalue weighted by molar-refractivity contribution is 0.0952. The number of aryl methyl sites for hydroxylation is 1. The van der Waals surface area contributed by atoms with Gasteiger partial charge in [-0.05, 0) is 60.5 Å². The van der Waals surface area contributed by atoms with Gasteiger partial charge in [-0.15, -0.1) is 0 Å². The van der Waals surface area contributed by atoms with E-state index in [0.29, 0.717) is 22.6 Å². The Morgan fingerprint density at radius 3 is 2.59 bits per heavy atom. The molecule has 0 saturated carbocycles. The Bertz CT molecular complexity index is 1020. The first-order chi connectivity index (χ1) is 14.1. The molecule has 3 aromatic rings. The average molecular weight is 392 g/mol. The molecule has 29 heavy (non-hydrogen) atoms. The fraction of sp³-hybridized carbons (Fsp3) is 0.130. The molecule has 5 nitrogen and oxygen atoms in total. The summed E-state index contributed by atoms with van der Waals surface area (Å²) >= 11 is 0. The van der Waals surface area contributed by atoms with Crippen molar-refractivity contribution in [3.8, 4) is 11.5 Å². The minimum atomic E-state index is -0.358. The SMILES string of the molecule is COc1cc(C)ccc1C(=O)N/N=C\c1ccc(OCc2ccccc2F)cc1. The number of nitrogens with one attached hydrogen (secondary N) is 1. The van der Waals surface area contributed by atoms with Crippen LogP contribution < -0.4 is 14.9 Å². The first kappa shape index (κ1) is 20.1. The number of hydrogen-bond donors (Lipinski definition) is 1. The Morgan fingerprint density at radius 2 is 1.86 bits per heavy atom. The van der Waals surface area contributed by atoms with Crippen molar-refractivity contribution in [3.63, 3.8) is 0 Å². The van der Waals surface area contributed by atoms with Crippen LogP contribution in [0.4, 0.5) is 4.39 Å². The quantitative estimate of drug-likeness (QED) is 0.476. The minimum absolute atomic E-state index is 0.147. The summed E-state index contributed by atoms with van der Waals surface area (Å²) in [6.07, 6.45) is 1.53. The van der Waals surface area contributed by atoms with Gasteiger partial charge in [-0.25, -0.2) is 9.82 Å². The van der Waals surface area contributed by atoms with Crippen LogP contribution in [0.1, 0.15) is 27.0 Å². The van der Waals surface area contributed by atoms with E-state index >= 15 is 0 Å². The average Bonchev–Trinajstić information content (AvgIpc) is 2.74. The van der Waals surface area contributed by atoms with Crippen molar-refractivity contribution in [3.05, 3.63) is 94.8 Å². The molecule has 1 amide bonds. The number of amides is 1. The van der Waals surface area contributed by atoms with Gasteiger partial charge in [0, 0.05) is 5.56 Å². The Hall–Kier alpha value is -3.67. The summed E-state index contributed by atoms with van der Waals surface area (Å²) in [6, 6.07) is 18.9. The largest absolute Gasteiger partial charge is 0.496 e. The molecule has 6 heteroatoms. The predicted octanol–water partition coefficient (Wildman–Crippen LogP) is 4.49. The van der Waals surface area contributed by atoms with Gasteiger partial charge in [-0.2, -0.15) is 5.10 Å². The molecule has 0 saturated heterocycles. The van der Waals surface area contributed by atoms with E-state index in [4.69, 9.17) is 9.47 Å². The number of ether oxygens (including phenoxy) is 2. The smallest absolute Gasteiger partial charge is 0.275 e. The van der Waals surface area contributed by atoms with E-state index in [1.807, 2.05) is 13.0 Å². The van der Waals surface area contributed by atoms with E-state index in [1.165, 1.54) is 19.4 Å². The lowest BCUT2D eigenvalue weighted by Crippen LogP contribution is -2.18. The molecule has 0 unspecified atom stereocenters. The number of rotatable bonds is 7. The monoisotopic (exact) mass is 392 g/mol. The number of carbonyl (C=O) groups excluding carboxylic acids is 1. The molecule has 0 aliphatic heterocycles. The van der Waals surface area contributed by atoms with Gasteiger partial charge in [0.2, 0.25) is 0 Å². The van der Waals surface area contributed by atoms with Crippen LogP contribution in [0.25, 0.3) is 0 Å². The normalized spacial score (nSPS) is 10.7. The van der Waals surface area contributed by atoms with Crippen molar-refractivity contribution in [2.75, 3.05) is 7.11 Å². The molecule has 0 spiro atoms. The Morgan fingerprint density at radius 1 is 1.10 bits per heavy atom. The molecule has 0 aliphatic rings. The van der Waals surface area contributed by atoms with Crippen LogP contribution in [0.2, 0.25) is 0 Å². The summed E-state index contributed by atoms with van der Waals surface area (Å²) in [7, 11) is 1.52. The number of hydrazone groups is 1. The molecule has 3 aromatic carbocycles. The predicted molar refractivity (Wildman–Crippen MR) is 110 cm³/mol. The highest BCUT2D eigenvalue weighted by atomic mass is 19.1. The van der Waals surface area contributed by atoms with Crippen molar-refractivity contribution in [2.45, 2.75) is 13.5 Å². The van der Waals surface area contributed by atoms with E-state index in [1.54, 1.807) is 54.6 Å². The van der Waals surface area contributed by atoms with Gasteiger partial charge in [-0.1, -0.05) is 24.3 Å². The van der Waals surface area contributed by atoms with E-state index in [9.17, 15) is 9.18 Å². The third-order valence-corrected chi connectivity index (χ3v) is 4.21. The highest BCUT2D eigenvalue weighted by Gasteiger charge is 2.11. The van der Waals surface area contributed by atoms with Crippen molar-refractivity contribution in [1.29, 1.82) is 0 Å². The summed E-state index contributed by atoms with van der Waals surface area (Å²) in [5.41, 5.74) is 5.17. The molecule has 0 aromatic heterocycles. The zero-order chi connectivity index (χ0) is 20.6. The number of halogens is 1. The van der Waals surface area contributed by atoms with Crippen LogP contribution in [-0.2, 0) is 6.61 Å². The first-order valence-corrected chi connectivity index (χ1v) is 9.01. The van der Waals surface area contributed by atoms with Crippen molar-refractivity contribution >= 4 is 12.1 Å². The molecule has 0 fully saturated rings. The minimum Gasteiger partial charge on any atom is -0.496 e. The molecule has 3 rings (SSSR count). The van der Waals surface area contributed by atoms with Gasteiger partial charge in [0.05, 0.1) is 18.9 Å². The van der Waals surface area contributed by atoms with Gasteiger partial charge in [0.25, 0.3) is 5.91 Å². The Balaban J connectivity index is 1.56. The number of methoxy groups -OCH3 is 1. The summed E-state index contributed by atoms with van der Waals surface area (Å²) < 4.78 is 24.4. The maximum Gasteiger partial charge on any atom is 0.275 e. The Kier molecular flexibility index (Phi) is 6.58. The second kappa shape index (κ2) is 9.50. The fourth-order valence-electron chi connectivity index (χ4n) is 2.64.